The van der Waals surface area contributed by atoms with E-state index >= 15 is 0 Å². The summed E-state index contributed by atoms with van der Waals surface area (Å²) >= 11 is 3.38. The highest BCUT2D eigenvalue weighted by Gasteiger charge is 2.30. The molecule has 1 fully saturated rings. The van der Waals surface area contributed by atoms with Crippen LogP contribution in [0.3, 0.4) is 0 Å². The van der Waals surface area contributed by atoms with Crippen molar-refractivity contribution in [2.75, 3.05) is 25.0 Å². The lowest BCUT2D eigenvalue weighted by Crippen LogP contribution is -2.47. The zero-order chi connectivity index (χ0) is 18.8. The summed E-state index contributed by atoms with van der Waals surface area (Å²) in [5, 5.41) is 11.3. The Morgan fingerprint density at radius 1 is 1.36 bits per heavy atom. The highest BCUT2D eigenvalue weighted by Crippen LogP contribution is 2.33. The summed E-state index contributed by atoms with van der Waals surface area (Å²) in [6, 6.07) is 5.07. The number of carbonyl (C=O) groups excluding carboxylic acids is 1. The summed E-state index contributed by atoms with van der Waals surface area (Å²) in [5.41, 5.74) is 0.150. The van der Waals surface area contributed by atoms with E-state index in [-0.39, 0.29) is 22.7 Å². The lowest BCUT2D eigenvalue weighted by atomic mass is 10.0. The minimum absolute atomic E-state index is 0.0836. The van der Waals surface area contributed by atoms with E-state index < -0.39 is 5.60 Å². The molecule has 0 atom stereocenters. The van der Waals surface area contributed by atoms with Gasteiger partial charge in [0.05, 0.1) is 4.92 Å². The average Bonchev–Trinajstić information content (AvgIpc) is 2.52. The molecule has 138 valence electrons. The van der Waals surface area contributed by atoms with Crippen LogP contribution in [-0.2, 0) is 4.74 Å². The van der Waals surface area contributed by atoms with Crippen molar-refractivity contribution < 1.29 is 14.5 Å². The highest BCUT2D eigenvalue weighted by atomic mass is 79.9. The molecule has 0 bridgehead atoms. The molecule has 0 saturated carbocycles. The number of halogens is 1. The summed E-state index contributed by atoms with van der Waals surface area (Å²) in [4.78, 5) is 26.7. The third-order valence-electron chi connectivity index (χ3n) is 4.18. The molecule has 7 nitrogen and oxygen atoms in total. The van der Waals surface area contributed by atoms with Gasteiger partial charge in [0.2, 0.25) is 0 Å². The maximum Gasteiger partial charge on any atom is 0.410 e. The third kappa shape index (κ3) is 5.07. The van der Waals surface area contributed by atoms with Crippen LogP contribution in [0.5, 0.6) is 0 Å². The summed E-state index contributed by atoms with van der Waals surface area (Å²) in [6.07, 6.45) is 1.17. The number of anilines is 1. The van der Waals surface area contributed by atoms with Gasteiger partial charge >= 0.3 is 6.09 Å². The second-order valence-corrected chi connectivity index (χ2v) is 8.12. The lowest BCUT2D eigenvalue weighted by molar-refractivity contribution is -0.384. The molecule has 2 rings (SSSR count). The number of benzene rings is 1. The number of piperidine rings is 1. The molecule has 8 heteroatoms. The summed E-state index contributed by atoms with van der Waals surface area (Å²) in [7, 11) is 1.86. The second kappa shape index (κ2) is 7.59. The van der Waals surface area contributed by atoms with Gasteiger partial charge in [-0.2, -0.15) is 0 Å². The van der Waals surface area contributed by atoms with Crippen molar-refractivity contribution in [3.8, 4) is 0 Å². The van der Waals surface area contributed by atoms with Gasteiger partial charge in [0.25, 0.3) is 5.69 Å². The van der Waals surface area contributed by atoms with Gasteiger partial charge in [0.1, 0.15) is 11.3 Å². The lowest BCUT2D eigenvalue weighted by Gasteiger charge is -2.38. The zero-order valence-corrected chi connectivity index (χ0v) is 16.6. The van der Waals surface area contributed by atoms with E-state index in [1.807, 2.05) is 32.7 Å². The number of hydrogen-bond acceptors (Lipinski definition) is 5. The zero-order valence-electron chi connectivity index (χ0n) is 15.0. The Kier molecular flexibility index (Phi) is 5.92. The van der Waals surface area contributed by atoms with Gasteiger partial charge in [0, 0.05) is 36.7 Å². The van der Waals surface area contributed by atoms with Crippen LogP contribution < -0.4 is 4.90 Å². The van der Waals surface area contributed by atoms with Crippen LogP contribution in [0.2, 0.25) is 0 Å². The number of ether oxygens (including phenoxy) is 1. The van der Waals surface area contributed by atoms with Crippen LogP contribution >= 0.6 is 15.9 Å². The minimum Gasteiger partial charge on any atom is -0.444 e. The normalized spacial score (nSPS) is 15.8. The maximum atomic E-state index is 12.1. The van der Waals surface area contributed by atoms with Gasteiger partial charge in [-0.15, -0.1) is 0 Å². The average molecular weight is 414 g/mol. The fraction of sp³-hybridized carbons (Fsp3) is 0.588. The molecular weight excluding hydrogens is 390 g/mol. The Balaban J connectivity index is 2.05. The monoisotopic (exact) mass is 413 g/mol. The molecule has 1 heterocycles. The van der Waals surface area contributed by atoms with E-state index in [9.17, 15) is 14.9 Å². The second-order valence-electron chi connectivity index (χ2n) is 7.20. The Bertz CT molecular complexity index is 652. The Morgan fingerprint density at radius 3 is 2.48 bits per heavy atom. The van der Waals surface area contributed by atoms with Crippen LogP contribution in [0.15, 0.2) is 22.7 Å². The molecule has 1 aromatic rings. The number of nitrogens with zero attached hydrogens (tertiary/aromatic N) is 3. The predicted molar refractivity (Wildman–Crippen MR) is 100 cm³/mol. The smallest absolute Gasteiger partial charge is 0.410 e. The van der Waals surface area contributed by atoms with Crippen molar-refractivity contribution >= 4 is 33.4 Å². The number of hydrogen-bond donors (Lipinski definition) is 0. The quantitative estimate of drug-likeness (QED) is 0.548. The molecule has 1 aliphatic heterocycles. The first kappa shape index (κ1) is 19.5. The van der Waals surface area contributed by atoms with Crippen molar-refractivity contribution in [2.45, 2.75) is 45.3 Å². The minimum atomic E-state index is -0.512. The SMILES string of the molecule is CN(c1cc(Br)ccc1[N+](=O)[O-])C1CCN(C(=O)OC(C)(C)C)CC1. The number of likely N-dealkylation sites (tertiary alicyclic amines) is 1. The Morgan fingerprint density at radius 2 is 1.96 bits per heavy atom. The number of carbonyl (C=O) groups is 1. The van der Waals surface area contributed by atoms with Gasteiger partial charge in [-0.3, -0.25) is 10.1 Å². The fourth-order valence-corrected chi connectivity index (χ4v) is 3.24. The molecule has 0 spiro atoms. The van der Waals surface area contributed by atoms with Crippen LogP contribution in [0.25, 0.3) is 0 Å². The Labute approximate surface area is 156 Å². The highest BCUT2D eigenvalue weighted by molar-refractivity contribution is 9.10. The summed E-state index contributed by atoms with van der Waals surface area (Å²) < 4.78 is 6.20. The van der Waals surface area contributed by atoms with Gasteiger partial charge in [-0.1, -0.05) is 15.9 Å². The molecule has 1 aliphatic rings. The van der Waals surface area contributed by atoms with E-state index in [2.05, 4.69) is 15.9 Å². The summed E-state index contributed by atoms with van der Waals surface area (Å²) in [5.74, 6) is 0. The van der Waals surface area contributed by atoms with Crippen molar-refractivity contribution in [2.24, 2.45) is 0 Å². The van der Waals surface area contributed by atoms with Gasteiger partial charge in [-0.25, -0.2) is 4.79 Å². The van der Waals surface area contributed by atoms with Crippen LogP contribution in [0.1, 0.15) is 33.6 Å². The van der Waals surface area contributed by atoms with Crippen LogP contribution in [-0.4, -0.2) is 47.7 Å². The molecule has 1 aromatic carbocycles. The molecule has 25 heavy (non-hydrogen) atoms. The first-order valence-electron chi connectivity index (χ1n) is 8.23. The van der Waals surface area contributed by atoms with E-state index in [4.69, 9.17) is 4.74 Å². The van der Waals surface area contributed by atoms with Crippen LogP contribution in [0, 0.1) is 10.1 Å². The summed E-state index contributed by atoms with van der Waals surface area (Å²) in [6.45, 7) is 6.69. The molecule has 0 aliphatic carbocycles. The van der Waals surface area contributed by atoms with Crippen LogP contribution in [0.4, 0.5) is 16.2 Å². The topological polar surface area (TPSA) is 75.9 Å². The predicted octanol–water partition coefficient (Wildman–Crippen LogP) is 4.19. The van der Waals surface area contributed by atoms with E-state index in [1.165, 1.54) is 6.07 Å². The van der Waals surface area contributed by atoms with E-state index in [0.717, 1.165) is 17.3 Å². The molecule has 1 amide bonds. The molecule has 0 unspecified atom stereocenters. The van der Waals surface area contributed by atoms with Crippen molar-refractivity contribution in [3.63, 3.8) is 0 Å². The number of rotatable bonds is 3. The molecule has 0 radical (unpaired) electrons. The van der Waals surface area contributed by atoms with Crippen molar-refractivity contribution in [1.82, 2.24) is 4.90 Å². The molecule has 0 N–H and O–H groups in total. The number of amides is 1. The van der Waals surface area contributed by atoms with Gasteiger partial charge in [-0.05, 0) is 45.7 Å². The maximum absolute atomic E-state index is 12.1. The Hall–Kier alpha value is -1.83. The third-order valence-corrected chi connectivity index (χ3v) is 4.67. The van der Waals surface area contributed by atoms with Crippen molar-refractivity contribution in [1.29, 1.82) is 0 Å². The fourth-order valence-electron chi connectivity index (χ4n) is 2.89. The molecule has 0 aromatic heterocycles. The number of nitro benzene ring substituents is 1. The van der Waals surface area contributed by atoms with Crippen molar-refractivity contribution in [3.05, 3.63) is 32.8 Å². The number of nitro groups is 1. The molecular formula is C17H24BrN3O4. The first-order valence-corrected chi connectivity index (χ1v) is 9.02. The van der Waals surface area contributed by atoms with E-state index in [1.54, 1.807) is 17.0 Å². The van der Waals surface area contributed by atoms with E-state index in [0.29, 0.717) is 18.8 Å². The molecule has 1 saturated heterocycles. The van der Waals surface area contributed by atoms with Gasteiger partial charge < -0.3 is 14.5 Å². The standard InChI is InChI=1S/C17H24BrN3O4/c1-17(2,3)25-16(22)20-9-7-13(8-10-20)19(4)15-11-12(18)5-6-14(15)21(23)24/h5-6,11,13H,7-10H2,1-4H3. The van der Waals surface area contributed by atoms with Gasteiger partial charge in [0.15, 0.2) is 0 Å². The first-order chi connectivity index (χ1) is 11.6. The largest absolute Gasteiger partial charge is 0.444 e.